The molecule has 54 valence electrons. The first-order chi connectivity index (χ1) is 4.91. The molecule has 0 aromatic rings. The molecule has 10 heavy (non-hydrogen) atoms. The summed E-state index contributed by atoms with van der Waals surface area (Å²) < 4.78 is 0. The number of allylic oxidation sites excluding steroid dienone is 8. The van der Waals surface area contributed by atoms with Crippen LogP contribution in [0.2, 0.25) is 0 Å². The van der Waals surface area contributed by atoms with Crippen LogP contribution in [-0.4, -0.2) is 0 Å². The second-order valence-electron chi connectivity index (χ2n) is 1.82. The highest BCUT2D eigenvalue weighted by molar-refractivity contribution is 5.14. The maximum Gasteiger partial charge on any atom is -0.0467 e. The van der Waals surface area contributed by atoms with Crippen molar-refractivity contribution in [2.24, 2.45) is 0 Å². The molecule has 0 aromatic carbocycles. The van der Waals surface area contributed by atoms with E-state index in [1.54, 1.807) is 0 Å². The lowest BCUT2D eigenvalue weighted by Gasteiger charge is -1.71. The minimum atomic E-state index is 2.00. The van der Waals surface area contributed by atoms with E-state index in [-0.39, 0.29) is 0 Å². The first-order valence-corrected chi connectivity index (χ1v) is 3.49. The smallest absolute Gasteiger partial charge is 0.0467 e. The van der Waals surface area contributed by atoms with Crippen LogP contribution in [0.25, 0.3) is 0 Å². The van der Waals surface area contributed by atoms with Crippen LogP contribution in [-0.2, 0) is 0 Å². The highest BCUT2D eigenvalue weighted by atomic mass is 13.7. The minimum Gasteiger partial charge on any atom is -0.0877 e. The van der Waals surface area contributed by atoms with Crippen LogP contribution in [0.5, 0.6) is 0 Å². The van der Waals surface area contributed by atoms with Gasteiger partial charge in [0.15, 0.2) is 0 Å². The highest BCUT2D eigenvalue weighted by Gasteiger charge is 1.58. The van der Waals surface area contributed by atoms with Gasteiger partial charge < -0.3 is 0 Å². The molecule has 0 spiro atoms. The summed E-state index contributed by atoms with van der Waals surface area (Å²) >= 11 is 0. The molecular formula is C10H14. The summed E-state index contributed by atoms with van der Waals surface area (Å²) in [4.78, 5) is 0. The fourth-order valence-corrected chi connectivity index (χ4v) is 0.479. The Balaban J connectivity index is 3.51. The summed E-state index contributed by atoms with van der Waals surface area (Å²) in [5, 5.41) is 0. The van der Waals surface area contributed by atoms with Crippen molar-refractivity contribution < 1.29 is 0 Å². The fourth-order valence-electron chi connectivity index (χ4n) is 0.479. The standard InChI is InChI=1S/C10H14/c1-3-5-7-9-10-8-6-4-2/h3-10H,1-2H3/b5-3+,6-4?,9-7+,10-8?. The molecule has 0 unspecified atom stereocenters. The van der Waals surface area contributed by atoms with Gasteiger partial charge >= 0.3 is 0 Å². The molecule has 0 bridgehead atoms. The van der Waals surface area contributed by atoms with E-state index in [1.165, 1.54) is 0 Å². The molecule has 0 heterocycles. The average Bonchev–Trinajstić information content (AvgIpc) is 1.97. The molecule has 0 aliphatic carbocycles. The van der Waals surface area contributed by atoms with Gasteiger partial charge in [-0.1, -0.05) is 48.6 Å². The van der Waals surface area contributed by atoms with Crippen LogP contribution < -0.4 is 0 Å². The summed E-state index contributed by atoms with van der Waals surface area (Å²) in [6.07, 6.45) is 16.0. The van der Waals surface area contributed by atoms with Crippen LogP contribution in [0.1, 0.15) is 13.8 Å². The first-order valence-electron chi connectivity index (χ1n) is 3.49. The van der Waals surface area contributed by atoms with Crippen molar-refractivity contribution >= 4 is 0 Å². The van der Waals surface area contributed by atoms with E-state index in [2.05, 4.69) is 0 Å². The number of rotatable bonds is 3. The van der Waals surface area contributed by atoms with Crippen molar-refractivity contribution in [1.29, 1.82) is 0 Å². The summed E-state index contributed by atoms with van der Waals surface area (Å²) in [7, 11) is 0. The summed E-state index contributed by atoms with van der Waals surface area (Å²) in [5.41, 5.74) is 0. The molecule has 0 atom stereocenters. The molecule has 0 radical (unpaired) electrons. The van der Waals surface area contributed by atoms with Crippen LogP contribution in [0, 0.1) is 0 Å². The van der Waals surface area contributed by atoms with E-state index in [0.29, 0.717) is 0 Å². The van der Waals surface area contributed by atoms with Crippen molar-refractivity contribution in [2.45, 2.75) is 13.8 Å². The van der Waals surface area contributed by atoms with E-state index in [1.807, 2.05) is 62.5 Å². The van der Waals surface area contributed by atoms with Crippen LogP contribution >= 0.6 is 0 Å². The van der Waals surface area contributed by atoms with Crippen molar-refractivity contribution in [3.8, 4) is 0 Å². The van der Waals surface area contributed by atoms with E-state index in [4.69, 9.17) is 0 Å². The third-order valence-electron chi connectivity index (χ3n) is 0.940. The molecule has 0 N–H and O–H groups in total. The van der Waals surface area contributed by atoms with Gasteiger partial charge in [0.25, 0.3) is 0 Å². The molecule has 0 aromatic heterocycles. The Morgan fingerprint density at radius 2 is 0.800 bits per heavy atom. The second-order valence-corrected chi connectivity index (χ2v) is 1.82. The predicted molar refractivity (Wildman–Crippen MR) is 47.9 cm³/mol. The Morgan fingerprint density at radius 1 is 0.500 bits per heavy atom. The van der Waals surface area contributed by atoms with Gasteiger partial charge in [-0.05, 0) is 13.8 Å². The van der Waals surface area contributed by atoms with Crippen molar-refractivity contribution in [1.82, 2.24) is 0 Å². The molecule has 0 fully saturated rings. The Labute approximate surface area is 63.3 Å². The lowest BCUT2D eigenvalue weighted by atomic mass is 10.4. The van der Waals surface area contributed by atoms with Crippen LogP contribution in [0.4, 0.5) is 0 Å². The second kappa shape index (κ2) is 7.96. The minimum absolute atomic E-state index is 2.00. The average molecular weight is 134 g/mol. The van der Waals surface area contributed by atoms with Crippen LogP contribution in [0.3, 0.4) is 0 Å². The molecule has 0 heteroatoms. The maximum absolute atomic E-state index is 2.00. The fraction of sp³-hybridized carbons (Fsp3) is 0.200. The molecule has 0 aliphatic rings. The number of hydrogen-bond acceptors (Lipinski definition) is 0. The molecule has 0 amide bonds. The maximum atomic E-state index is 2.00. The van der Waals surface area contributed by atoms with Crippen LogP contribution in [0.15, 0.2) is 48.6 Å². The zero-order valence-electron chi connectivity index (χ0n) is 6.62. The topological polar surface area (TPSA) is 0 Å². The quantitative estimate of drug-likeness (QED) is 0.520. The Hall–Kier alpha value is -1.04. The molecule has 0 rings (SSSR count). The van der Waals surface area contributed by atoms with Gasteiger partial charge in [0, 0.05) is 0 Å². The zero-order valence-corrected chi connectivity index (χ0v) is 6.62. The summed E-state index contributed by atoms with van der Waals surface area (Å²) in [6, 6.07) is 0. The van der Waals surface area contributed by atoms with Gasteiger partial charge in [-0.15, -0.1) is 0 Å². The van der Waals surface area contributed by atoms with Gasteiger partial charge in [0.2, 0.25) is 0 Å². The monoisotopic (exact) mass is 134 g/mol. The third-order valence-corrected chi connectivity index (χ3v) is 0.940. The van der Waals surface area contributed by atoms with Gasteiger partial charge in [0.1, 0.15) is 0 Å². The Kier molecular flexibility index (Phi) is 7.13. The van der Waals surface area contributed by atoms with E-state index >= 15 is 0 Å². The highest BCUT2D eigenvalue weighted by Crippen LogP contribution is 1.80. The molecular weight excluding hydrogens is 120 g/mol. The molecule has 0 saturated carbocycles. The predicted octanol–water partition coefficient (Wildman–Crippen LogP) is 3.25. The van der Waals surface area contributed by atoms with Crippen molar-refractivity contribution in [3.63, 3.8) is 0 Å². The van der Waals surface area contributed by atoms with Gasteiger partial charge in [-0.2, -0.15) is 0 Å². The van der Waals surface area contributed by atoms with Crippen molar-refractivity contribution in [3.05, 3.63) is 48.6 Å². The van der Waals surface area contributed by atoms with Gasteiger partial charge in [-0.3, -0.25) is 0 Å². The van der Waals surface area contributed by atoms with Crippen molar-refractivity contribution in [2.75, 3.05) is 0 Å². The largest absolute Gasteiger partial charge is 0.0877 e. The molecule has 0 aliphatic heterocycles. The first kappa shape index (κ1) is 8.96. The Bertz CT molecular complexity index is 137. The SMILES string of the molecule is CC=CC=C/C=C/C=C/C. The lowest BCUT2D eigenvalue weighted by Crippen LogP contribution is -1.49. The third kappa shape index (κ3) is 6.96. The van der Waals surface area contributed by atoms with Gasteiger partial charge in [0.05, 0.1) is 0 Å². The zero-order chi connectivity index (χ0) is 7.66. The number of hydrogen-bond donors (Lipinski definition) is 0. The normalized spacial score (nSPS) is 13.4. The lowest BCUT2D eigenvalue weighted by molar-refractivity contribution is 1.72. The van der Waals surface area contributed by atoms with E-state index < -0.39 is 0 Å². The van der Waals surface area contributed by atoms with E-state index in [0.717, 1.165) is 0 Å². The summed E-state index contributed by atoms with van der Waals surface area (Å²) in [6.45, 7) is 4.00. The Morgan fingerprint density at radius 3 is 1.10 bits per heavy atom. The van der Waals surface area contributed by atoms with E-state index in [9.17, 15) is 0 Å². The van der Waals surface area contributed by atoms with Gasteiger partial charge in [-0.25, -0.2) is 0 Å². The molecule has 0 saturated heterocycles. The summed E-state index contributed by atoms with van der Waals surface area (Å²) in [5.74, 6) is 0. The molecule has 0 nitrogen and oxygen atoms in total.